The fourth-order valence-corrected chi connectivity index (χ4v) is 3.41. The number of furan rings is 1. The molecule has 108 valence electrons. The third-order valence-electron chi connectivity index (χ3n) is 2.99. The van der Waals surface area contributed by atoms with Gasteiger partial charge in [-0.1, -0.05) is 30.3 Å². The summed E-state index contributed by atoms with van der Waals surface area (Å²) in [6.07, 6.45) is 0. The van der Waals surface area contributed by atoms with Gasteiger partial charge in [0.15, 0.2) is 0 Å². The molecule has 0 aliphatic rings. The second kappa shape index (κ2) is 5.99. The van der Waals surface area contributed by atoms with Crippen LogP contribution in [-0.4, -0.2) is 19.8 Å². The molecule has 0 aliphatic carbocycles. The molecule has 0 radical (unpaired) electrons. The second-order valence-electron chi connectivity index (χ2n) is 4.51. The van der Waals surface area contributed by atoms with Crippen LogP contribution in [0.3, 0.4) is 0 Å². The van der Waals surface area contributed by atoms with Gasteiger partial charge in [0.05, 0.1) is 5.88 Å². The smallest absolute Gasteiger partial charge is 0.246 e. The summed E-state index contributed by atoms with van der Waals surface area (Å²) in [5, 5.41) is 0. The predicted molar refractivity (Wildman–Crippen MR) is 78.1 cm³/mol. The zero-order valence-corrected chi connectivity index (χ0v) is 12.9. The quantitative estimate of drug-likeness (QED) is 0.797. The summed E-state index contributed by atoms with van der Waals surface area (Å²) in [6.45, 7) is 1.93. The molecule has 0 atom stereocenters. The van der Waals surface area contributed by atoms with Gasteiger partial charge in [0, 0.05) is 19.7 Å². The van der Waals surface area contributed by atoms with Crippen LogP contribution in [0.5, 0.6) is 0 Å². The van der Waals surface area contributed by atoms with Crippen molar-refractivity contribution in [3.05, 3.63) is 53.5 Å². The lowest BCUT2D eigenvalue weighted by atomic mass is 10.2. The summed E-state index contributed by atoms with van der Waals surface area (Å²) < 4.78 is 31.6. The lowest BCUT2D eigenvalue weighted by Gasteiger charge is -2.16. The van der Waals surface area contributed by atoms with E-state index < -0.39 is 10.0 Å². The van der Waals surface area contributed by atoms with Gasteiger partial charge in [-0.15, -0.1) is 11.6 Å². The van der Waals surface area contributed by atoms with E-state index in [0.29, 0.717) is 18.1 Å². The van der Waals surface area contributed by atoms with Crippen molar-refractivity contribution in [1.29, 1.82) is 0 Å². The molecule has 0 spiro atoms. The lowest BCUT2D eigenvalue weighted by Crippen LogP contribution is -2.26. The molecule has 0 fully saturated rings. The molecule has 2 rings (SSSR count). The van der Waals surface area contributed by atoms with Gasteiger partial charge in [-0.25, -0.2) is 8.42 Å². The molecule has 1 aromatic heterocycles. The molecule has 0 saturated heterocycles. The number of halogens is 1. The molecular weight excluding hydrogens is 298 g/mol. The maximum Gasteiger partial charge on any atom is 0.246 e. The Kier molecular flexibility index (Phi) is 4.52. The van der Waals surface area contributed by atoms with Gasteiger partial charge in [-0.2, -0.15) is 4.31 Å². The second-order valence-corrected chi connectivity index (χ2v) is 6.79. The third kappa shape index (κ3) is 3.06. The van der Waals surface area contributed by atoms with E-state index in [1.807, 2.05) is 30.3 Å². The highest BCUT2D eigenvalue weighted by molar-refractivity contribution is 7.89. The van der Waals surface area contributed by atoms with Crippen molar-refractivity contribution in [1.82, 2.24) is 4.31 Å². The van der Waals surface area contributed by atoms with E-state index in [1.54, 1.807) is 14.0 Å². The van der Waals surface area contributed by atoms with Crippen molar-refractivity contribution >= 4 is 21.6 Å². The van der Waals surface area contributed by atoms with Crippen LogP contribution in [0, 0.1) is 6.92 Å². The molecular formula is C14H16ClNO3S. The maximum absolute atomic E-state index is 12.5. The van der Waals surface area contributed by atoms with Crippen molar-refractivity contribution in [2.45, 2.75) is 24.2 Å². The highest BCUT2D eigenvalue weighted by Gasteiger charge is 2.26. The molecule has 0 aliphatic heterocycles. The molecule has 0 unspecified atom stereocenters. The molecule has 0 amide bonds. The first kappa shape index (κ1) is 15.1. The van der Waals surface area contributed by atoms with Crippen LogP contribution in [0.2, 0.25) is 0 Å². The first-order chi connectivity index (χ1) is 9.45. The van der Waals surface area contributed by atoms with Crippen LogP contribution in [0.1, 0.15) is 17.1 Å². The van der Waals surface area contributed by atoms with Crippen LogP contribution in [0.25, 0.3) is 0 Å². The van der Waals surface area contributed by atoms with Crippen LogP contribution >= 0.6 is 11.6 Å². The molecule has 0 saturated carbocycles. The fourth-order valence-electron chi connectivity index (χ4n) is 1.94. The summed E-state index contributed by atoms with van der Waals surface area (Å²) in [5.74, 6) is 0.968. The number of rotatable bonds is 5. The first-order valence-electron chi connectivity index (χ1n) is 6.10. The Morgan fingerprint density at radius 1 is 1.25 bits per heavy atom. The summed E-state index contributed by atoms with van der Waals surface area (Å²) in [5.41, 5.74) is 0.928. The van der Waals surface area contributed by atoms with E-state index in [9.17, 15) is 8.42 Å². The van der Waals surface area contributed by atoms with Crippen LogP contribution in [0.4, 0.5) is 0 Å². The minimum absolute atomic E-state index is 0.152. The van der Waals surface area contributed by atoms with E-state index in [4.69, 9.17) is 16.0 Å². The van der Waals surface area contributed by atoms with E-state index in [1.165, 1.54) is 10.4 Å². The summed E-state index contributed by atoms with van der Waals surface area (Å²) in [6, 6.07) is 10.9. The molecule has 1 aromatic carbocycles. The van der Waals surface area contributed by atoms with E-state index in [-0.39, 0.29) is 10.8 Å². The zero-order valence-electron chi connectivity index (χ0n) is 11.3. The van der Waals surface area contributed by atoms with Gasteiger partial charge in [0.25, 0.3) is 0 Å². The largest absolute Gasteiger partial charge is 0.464 e. The number of aryl methyl sites for hydroxylation is 1. The fraction of sp³-hybridized carbons (Fsp3) is 0.286. The standard InChI is InChI=1S/C14H16ClNO3S/c1-11-14(8-13(9-15)19-11)20(17,18)16(2)10-12-6-4-3-5-7-12/h3-8H,9-10H2,1-2H3. The van der Waals surface area contributed by atoms with E-state index in [2.05, 4.69) is 0 Å². The number of hydrogen-bond donors (Lipinski definition) is 0. The number of nitrogens with zero attached hydrogens (tertiary/aromatic N) is 1. The normalized spacial score (nSPS) is 12.0. The predicted octanol–water partition coefficient (Wildman–Crippen LogP) is 3.15. The Morgan fingerprint density at radius 2 is 1.90 bits per heavy atom. The SMILES string of the molecule is Cc1oc(CCl)cc1S(=O)(=O)N(C)Cc1ccccc1. The Bertz CT molecular complexity index is 680. The Morgan fingerprint density at radius 3 is 2.45 bits per heavy atom. The number of alkyl halides is 1. The Hall–Kier alpha value is -1.30. The number of hydrogen-bond acceptors (Lipinski definition) is 3. The highest BCUT2D eigenvalue weighted by atomic mass is 35.5. The maximum atomic E-state index is 12.5. The lowest BCUT2D eigenvalue weighted by molar-refractivity contribution is 0.459. The Labute approximate surface area is 124 Å². The Balaban J connectivity index is 2.27. The minimum Gasteiger partial charge on any atom is -0.464 e. The first-order valence-corrected chi connectivity index (χ1v) is 8.08. The minimum atomic E-state index is -3.58. The van der Waals surface area contributed by atoms with Crippen molar-refractivity contribution in [3.8, 4) is 0 Å². The van der Waals surface area contributed by atoms with Crippen molar-refractivity contribution in [2.75, 3.05) is 7.05 Å². The molecule has 0 N–H and O–H groups in total. The van der Waals surface area contributed by atoms with E-state index in [0.717, 1.165) is 5.56 Å². The van der Waals surface area contributed by atoms with Crippen LogP contribution < -0.4 is 0 Å². The molecule has 6 heteroatoms. The molecule has 1 heterocycles. The van der Waals surface area contributed by atoms with E-state index >= 15 is 0 Å². The average molecular weight is 314 g/mol. The number of sulfonamides is 1. The van der Waals surface area contributed by atoms with Gasteiger partial charge in [0.2, 0.25) is 10.0 Å². The third-order valence-corrected chi connectivity index (χ3v) is 5.17. The van der Waals surface area contributed by atoms with Gasteiger partial charge < -0.3 is 4.42 Å². The summed E-state index contributed by atoms with van der Waals surface area (Å²) in [4.78, 5) is 0.173. The van der Waals surface area contributed by atoms with Gasteiger partial charge >= 0.3 is 0 Å². The molecule has 20 heavy (non-hydrogen) atoms. The van der Waals surface area contributed by atoms with Gasteiger partial charge in [-0.05, 0) is 12.5 Å². The summed E-state index contributed by atoms with van der Waals surface area (Å²) in [7, 11) is -2.03. The van der Waals surface area contributed by atoms with Gasteiger partial charge in [-0.3, -0.25) is 0 Å². The van der Waals surface area contributed by atoms with Crippen molar-refractivity contribution in [2.24, 2.45) is 0 Å². The molecule has 0 bridgehead atoms. The number of benzene rings is 1. The summed E-state index contributed by atoms with van der Waals surface area (Å²) >= 11 is 5.67. The van der Waals surface area contributed by atoms with Crippen molar-refractivity contribution in [3.63, 3.8) is 0 Å². The van der Waals surface area contributed by atoms with Gasteiger partial charge in [0.1, 0.15) is 16.4 Å². The molecule has 2 aromatic rings. The zero-order chi connectivity index (χ0) is 14.8. The highest BCUT2D eigenvalue weighted by Crippen LogP contribution is 2.24. The van der Waals surface area contributed by atoms with Crippen LogP contribution in [-0.2, 0) is 22.4 Å². The molecule has 4 nitrogen and oxygen atoms in total. The topological polar surface area (TPSA) is 50.5 Å². The monoisotopic (exact) mass is 313 g/mol. The van der Waals surface area contributed by atoms with Crippen LogP contribution in [0.15, 0.2) is 45.7 Å². The van der Waals surface area contributed by atoms with Crippen molar-refractivity contribution < 1.29 is 12.8 Å². The average Bonchev–Trinajstić information content (AvgIpc) is 2.82.